The maximum absolute atomic E-state index is 13.0. The quantitative estimate of drug-likeness (QED) is 0.788. The lowest BCUT2D eigenvalue weighted by molar-refractivity contribution is -0.141. The van der Waals surface area contributed by atoms with Crippen molar-refractivity contribution in [3.63, 3.8) is 0 Å². The van der Waals surface area contributed by atoms with E-state index in [1.807, 2.05) is 47.2 Å². The van der Waals surface area contributed by atoms with E-state index in [1.54, 1.807) is 0 Å². The summed E-state index contributed by atoms with van der Waals surface area (Å²) < 4.78 is 0. The fourth-order valence-corrected chi connectivity index (χ4v) is 4.34. The molecule has 28 heavy (non-hydrogen) atoms. The molecule has 0 aromatic heterocycles. The van der Waals surface area contributed by atoms with Crippen molar-refractivity contribution in [3.8, 4) is 0 Å². The van der Waals surface area contributed by atoms with Crippen LogP contribution in [0.3, 0.4) is 0 Å². The molecule has 2 saturated heterocycles. The second kappa shape index (κ2) is 11.4. The predicted molar refractivity (Wildman–Crippen MR) is 115 cm³/mol. The third-order valence-corrected chi connectivity index (χ3v) is 6.05. The van der Waals surface area contributed by atoms with Gasteiger partial charge in [-0.3, -0.25) is 9.59 Å². The monoisotopic (exact) mass is 407 g/mol. The SMILES string of the molecule is CNCCC1CCN(C(=O)C2CCCN(C(=O)Cc3ccccc3)C2)CC1.Cl. The Morgan fingerprint density at radius 2 is 1.75 bits per heavy atom. The van der Waals surface area contributed by atoms with Crippen molar-refractivity contribution in [3.05, 3.63) is 35.9 Å². The van der Waals surface area contributed by atoms with Gasteiger partial charge in [0, 0.05) is 26.2 Å². The topological polar surface area (TPSA) is 52.7 Å². The first-order chi connectivity index (χ1) is 13.2. The van der Waals surface area contributed by atoms with Crippen LogP contribution in [0.4, 0.5) is 0 Å². The van der Waals surface area contributed by atoms with E-state index < -0.39 is 0 Å². The van der Waals surface area contributed by atoms with Gasteiger partial charge in [-0.15, -0.1) is 12.4 Å². The zero-order valence-electron chi connectivity index (χ0n) is 16.9. The van der Waals surface area contributed by atoms with E-state index in [-0.39, 0.29) is 30.1 Å². The van der Waals surface area contributed by atoms with Gasteiger partial charge < -0.3 is 15.1 Å². The summed E-state index contributed by atoms with van der Waals surface area (Å²) in [5.74, 6) is 1.12. The number of amides is 2. The summed E-state index contributed by atoms with van der Waals surface area (Å²) in [5, 5.41) is 3.22. The Hall–Kier alpha value is -1.59. The molecule has 156 valence electrons. The van der Waals surface area contributed by atoms with Crippen LogP contribution in [0.25, 0.3) is 0 Å². The molecule has 2 aliphatic heterocycles. The fourth-order valence-electron chi connectivity index (χ4n) is 4.34. The number of nitrogens with one attached hydrogen (secondary N) is 1. The van der Waals surface area contributed by atoms with Gasteiger partial charge in [0.1, 0.15) is 0 Å². The molecule has 5 nitrogen and oxygen atoms in total. The normalized spacial score (nSPS) is 20.5. The van der Waals surface area contributed by atoms with Gasteiger partial charge in [0.05, 0.1) is 12.3 Å². The third kappa shape index (κ3) is 6.21. The lowest BCUT2D eigenvalue weighted by Gasteiger charge is -2.38. The number of carbonyl (C=O) groups is 2. The number of halogens is 1. The van der Waals surface area contributed by atoms with Gasteiger partial charge in [-0.25, -0.2) is 0 Å². The first-order valence-corrected chi connectivity index (χ1v) is 10.4. The van der Waals surface area contributed by atoms with Crippen LogP contribution >= 0.6 is 12.4 Å². The van der Waals surface area contributed by atoms with Crippen molar-refractivity contribution in [1.29, 1.82) is 0 Å². The summed E-state index contributed by atoms with van der Waals surface area (Å²) in [7, 11) is 1.99. The average molecular weight is 408 g/mol. The molecule has 2 aliphatic rings. The van der Waals surface area contributed by atoms with E-state index in [0.717, 1.165) is 63.3 Å². The van der Waals surface area contributed by atoms with Crippen molar-refractivity contribution >= 4 is 24.2 Å². The predicted octanol–water partition coefficient (Wildman–Crippen LogP) is 2.74. The third-order valence-electron chi connectivity index (χ3n) is 6.05. The van der Waals surface area contributed by atoms with E-state index in [0.29, 0.717) is 13.0 Å². The summed E-state index contributed by atoms with van der Waals surface area (Å²) in [5.41, 5.74) is 1.04. The molecule has 0 spiro atoms. The first kappa shape index (κ1) is 22.7. The average Bonchev–Trinajstić information content (AvgIpc) is 2.73. The summed E-state index contributed by atoms with van der Waals surface area (Å²) in [4.78, 5) is 29.6. The van der Waals surface area contributed by atoms with Crippen LogP contribution in [0.2, 0.25) is 0 Å². The minimum Gasteiger partial charge on any atom is -0.342 e. The Bertz CT molecular complexity index is 617. The second-order valence-electron chi connectivity index (χ2n) is 8.00. The Morgan fingerprint density at radius 3 is 2.43 bits per heavy atom. The molecular formula is C22H34ClN3O2. The van der Waals surface area contributed by atoms with Crippen molar-refractivity contribution in [1.82, 2.24) is 15.1 Å². The molecule has 1 aromatic rings. The Labute approximate surface area is 175 Å². The summed E-state index contributed by atoms with van der Waals surface area (Å²) in [6.07, 6.45) is 5.68. The molecular weight excluding hydrogens is 374 g/mol. The standard InChI is InChI=1S/C22H33N3O2.ClH/c1-23-12-9-18-10-14-24(15-11-18)22(27)20-8-5-13-25(17-20)21(26)16-19-6-3-2-4-7-19;/h2-4,6-7,18,20,23H,5,8-17H2,1H3;1H. The number of hydrogen-bond donors (Lipinski definition) is 1. The fraction of sp³-hybridized carbons (Fsp3) is 0.636. The minimum absolute atomic E-state index is 0. The van der Waals surface area contributed by atoms with Crippen LogP contribution in [0.1, 0.15) is 37.7 Å². The van der Waals surface area contributed by atoms with E-state index in [1.165, 1.54) is 6.42 Å². The number of carbonyl (C=O) groups excluding carboxylic acids is 2. The number of rotatable bonds is 6. The molecule has 2 amide bonds. The van der Waals surface area contributed by atoms with Crippen molar-refractivity contribution < 1.29 is 9.59 Å². The smallest absolute Gasteiger partial charge is 0.227 e. The van der Waals surface area contributed by atoms with Gasteiger partial charge >= 0.3 is 0 Å². The molecule has 1 atom stereocenters. The summed E-state index contributed by atoms with van der Waals surface area (Å²) >= 11 is 0. The highest BCUT2D eigenvalue weighted by molar-refractivity contribution is 5.85. The van der Waals surface area contributed by atoms with E-state index >= 15 is 0 Å². The highest BCUT2D eigenvalue weighted by Crippen LogP contribution is 2.25. The minimum atomic E-state index is -0.0210. The molecule has 6 heteroatoms. The van der Waals surface area contributed by atoms with Crippen molar-refractivity contribution in [2.75, 3.05) is 39.8 Å². The van der Waals surface area contributed by atoms with Crippen LogP contribution in [-0.2, 0) is 16.0 Å². The molecule has 3 rings (SSSR count). The molecule has 0 saturated carbocycles. The highest BCUT2D eigenvalue weighted by Gasteiger charge is 2.32. The number of likely N-dealkylation sites (tertiary alicyclic amines) is 2. The molecule has 0 aliphatic carbocycles. The van der Waals surface area contributed by atoms with Crippen LogP contribution < -0.4 is 5.32 Å². The van der Waals surface area contributed by atoms with Gasteiger partial charge in [0.2, 0.25) is 11.8 Å². The zero-order chi connectivity index (χ0) is 19.1. The number of nitrogens with zero attached hydrogens (tertiary/aromatic N) is 2. The van der Waals surface area contributed by atoms with Crippen molar-refractivity contribution in [2.24, 2.45) is 11.8 Å². The van der Waals surface area contributed by atoms with Gasteiger partial charge in [0.15, 0.2) is 0 Å². The molecule has 1 aromatic carbocycles. The van der Waals surface area contributed by atoms with E-state index in [2.05, 4.69) is 5.32 Å². The van der Waals surface area contributed by atoms with E-state index in [9.17, 15) is 9.59 Å². The lowest BCUT2D eigenvalue weighted by Crippen LogP contribution is -2.49. The largest absolute Gasteiger partial charge is 0.342 e. The van der Waals surface area contributed by atoms with Gasteiger partial charge in [-0.2, -0.15) is 0 Å². The van der Waals surface area contributed by atoms with Gasteiger partial charge in [0.25, 0.3) is 0 Å². The maximum Gasteiger partial charge on any atom is 0.227 e. The van der Waals surface area contributed by atoms with E-state index in [4.69, 9.17) is 0 Å². The number of hydrogen-bond acceptors (Lipinski definition) is 3. The maximum atomic E-state index is 13.0. The van der Waals surface area contributed by atoms with Gasteiger partial charge in [-0.05, 0) is 57.2 Å². The van der Waals surface area contributed by atoms with Gasteiger partial charge in [-0.1, -0.05) is 30.3 Å². The first-order valence-electron chi connectivity index (χ1n) is 10.4. The highest BCUT2D eigenvalue weighted by atomic mass is 35.5. The lowest BCUT2D eigenvalue weighted by atomic mass is 9.91. The Morgan fingerprint density at radius 1 is 1.04 bits per heavy atom. The molecule has 2 fully saturated rings. The molecule has 0 bridgehead atoms. The Balaban J connectivity index is 0.00000280. The molecule has 0 radical (unpaired) electrons. The zero-order valence-corrected chi connectivity index (χ0v) is 17.8. The molecule has 1 unspecified atom stereocenters. The molecule has 2 heterocycles. The van der Waals surface area contributed by atoms with Crippen LogP contribution in [0.15, 0.2) is 30.3 Å². The van der Waals surface area contributed by atoms with Crippen molar-refractivity contribution in [2.45, 2.75) is 38.5 Å². The number of piperidine rings is 2. The van der Waals surface area contributed by atoms with Crippen LogP contribution in [0, 0.1) is 11.8 Å². The second-order valence-corrected chi connectivity index (χ2v) is 8.00. The Kier molecular flexibility index (Phi) is 9.26. The summed E-state index contributed by atoms with van der Waals surface area (Å²) in [6, 6.07) is 9.87. The van der Waals surface area contributed by atoms with Crippen LogP contribution in [0.5, 0.6) is 0 Å². The number of benzene rings is 1. The van der Waals surface area contributed by atoms with Crippen LogP contribution in [-0.4, -0.2) is 61.4 Å². The molecule has 1 N–H and O–H groups in total. The summed E-state index contributed by atoms with van der Waals surface area (Å²) in [6.45, 7) is 4.18.